The van der Waals surface area contributed by atoms with Gasteiger partial charge in [-0.1, -0.05) is 18.2 Å². The summed E-state index contributed by atoms with van der Waals surface area (Å²) in [7, 11) is 0.512. The highest BCUT2D eigenvalue weighted by Crippen LogP contribution is 2.32. The van der Waals surface area contributed by atoms with E-state index in [-0.39, 0.29) is 22.7 Å². The van der Waals surface area contributed by atoms with Crippen LogP contribution >= 0.6 is 0 Å². The van der Waals surface area contributed by atoms with Gasteiger partial charge >= 0.3 is 0 Å². The number of amides is 1. The number of hydrogen-bond donors (Lipinski definition) is 1. The molecule has 0 bridgehead atoms. The Kier molecular flexibility index (Phi) is 7.44. The number of hydrogen-bond acceptors (Lipinski definition) is 6. The van der Waals surface area contributed by atoms with Gasteiger partial charge < -0.3 is 19.5 Å². The molecule has 8 nitrogen and oxygen atoms in total. The highest BCUT2D eigenvalue weighted by molar-refractivity contribution is 7.92. The van der Waals surface area contributed by atoms with E-state index < -0.39 is 15.9 Å². The van der Waals surface area contributed by atoms with Crippen LogP contribution in [-0.2, 0) is 10.0 Å². The van der Waals surface area contributed by atoms with Crippen molar-refractivity contribution in [2.24, 2.45) is 0 Å². The van der Waals surface area contributed by atoms with Crippen molar-refractivity contribution < 1.29 is 27.4 Å². The number of nitrogens with one attached hydrogen (secondary N) is 1. The fourth-order valence-electron chi connectivity index (χ4n) is 3.33. The first kappa shape index (κ1) is 23.9. The van der Waals surface area contributed by atoms with E-state index in [1.165, 1.54) is 43.8 Å². The lowest BCUT2D eigenvalue weighted by molar-refractivity contribution is 0.102. The lowest BCUT2D eigenvalue weighted by Crippen LogP contribution is -2.30. The monoisotopic (exact) mass is 470 g/mol. The Balaban J connectivity index is 1.98. The smallest absolute Gasteiger partial charge is 0.264 e. The summed E-state index contributed by atoms with van der Waals surface area (Å²) in [4.78, 5) is 13.0. The van der Waals surface area contributed by atoms with Crippen LogP contribution in [0.4, 0.5) is 11.4 Å². The molecule has 0 aromatic heterocycles. The molecule has 0 aliphatic heterocycles. The van der Waals surface area contributed by atoms with E-state index >= 15 is 0 Å². The van der Waals surface area contributed by atoms with Gasteiger partial charge in [0.15, 0.2) is 0 Å². The topological polar surface area (TPSA) is 94.2 Å². The van der Waals surface area contributed by atoms with Crippen molar-refractivity contribution in [1.29, 1.82) is 0 Å². The highest BCUT2D eigenvalue weighted by Gasteiger charge is 2.25. The van der Waals surface area contributed by atoms with Crippen molar-refractivity contribution in [1.82, 2.24) is 0 Å². The maximum Gasteiger partial charge on any atom is 0.264 e. The van der Waals surface area contributed by atoms with Gasteiger partial charge in [-0.3, -0.25) is 9.10 Å². The number of nitrogens with zero attached hydrogens (tertiary/aromatic N) is 1. The molecule has 0 saturated heterocycles. The van der Waals surface area contributed by atoms with Crippen LogP contribution in [-0.4, -0.2) is 42.2 Å². The summed E-state index contributed by atoms with van der Waals surface area (Å²) in [6.45, 7) is 2.00. The molecule has 174 valence electrons. The van der Waals surface area contributed by atoms with Gasteiger partial charge in [0.25, 0.3) is 15.9 Å². The van der Waals surface area contributed by atoms with Gasteiger partial charge in [0.1, 0.15) is 17.2 Å². The lowest BCUT2D eigenvalue weighted by Gasteiger charge is -2.23. The van der Waals surface area contributed by atoms with Crippen LogP contribution in [0.1, 0.15) is 17.3 Å². The Morgan fingerprint density at radius 2 is 1.58 bits per heavy atom. The molecular formula is C24H26N2O6S. The second-order valence-electron chi connectivity index (χ2n) is 6.89. The third-order valence-electron chi connectivity index (χ3n) is 4.99. The Hall–Kier alpha value is -3.72. The Bertz CT molecular complexity index is 1230. The number of methoxy groups -OCH3 is 3. The number of sulfonamides is 1. The number of anilines is 2. The van der Waals surface area contributed by atoms with Crippen molar-refractivity contribution in [3.8, 4) is 17.2 Å². The molecule has 3 rings (SSSR count). The third kappa shape index (κ3) is 5.04. The number of carbonyl (C=O) groups is 1. The van der Waals surface area contributed by atoms with Crippen LogP contribution in [0, 0.1) is 0 Å². The highest BCUT2D eigenvalue weighted by atomic mass is 32.2. The maximum absolute atomic E-state index is 13.4. The normalized spacial score (nSPS) is 10.9. The van der Waals surface area contributed by atoms with Crippen LogP contribution in [0.5, 0.6) is 17.2 Å². The zero-order valence-corrected chi connectivity index (χ0v) is 19.7. The van der Waals surface area contributed by atoms with Crippen molar-refractivity contribution in [3.63, 3.8) is 0 Å². The molecule has 3 aromatic rings. The summed E-state index contributed by atoms with van der Waals surface area (Å²) < 4.78 is 43.9. The number of para-hydroxylation sites is 1. The molecule has 0 heterocycles. The van der Waals surface area contributed by atoms with Gasteiger partial charge in [-0.25, -0.2) is 8.42 Å². The summed E-state index contributed by atoms with van der Waals surface area (Å²) in [5.74, 6) is 0.681. The Morgan fingerprint density at radius 1 is 0.879 bits per heavy atom. The second-order valence-corrected chi connectivity index (χ2v) is 8.75. The van der Waals surface area contributed by atoms with E-state index in [1.807, 2.05) is 6.07 Å². The molecule has 0 radical (unpaired) electrons. The van der Waals surface area contributed by atoms with Crippen molar-refractivity contribution in [2.45, 2.75) is 11.8 Å². The van der Waals surface area contributed by atoms with Crippen LogP contribution in [0.25, 0.3) is 0 Å². The molecule has 0 atom stereocenters. The van der Waals surface area contributed by atoms with Crippen LogP contribution in [0.15, 0.2) is 71.6 Å². The van der Waals surface area contributed by atoms with Gasteiger partial charge in [0.2, 0.25) is 0 Å². The van der Waals surface area contributed by atoms with E-state index in [0.717, 1.165) is 0 Å². The first-order valence-corrected chi connectivity index (χ1v) is 11.6. The molecule has 33 heavy (non-hydrogen) atoms. The number of ether oxygens (including phenoxy) is 3. The van der Waals surface area contributed by atoms with Gasteiger partial charge in [-0.15, -0.1) is 0 Å². The summed E-state index contributed by atoms with van der Waals surface area (Å²) in [6.07, 6.45) is 0. The van der Waals surface area contributed by atoms with Crippen LogP contribution < -0.4 is 23.8 Å². The molecule has 1 N–H and O–H groups in total. The Labute approximate surface area is 193 Å². The van der Waals surface area contributed by atoms with Crippen molar-refractivity contribution in [3.05, 3.63) is 72.3 Å². The largest absolute Gasteiger partial charge is 0.497 e. The zero-order valence-electron chi connectivity index (χ0n) is 18.9. The summed E-state index contributed by atoms with van der Waals surface area (Å²) >= 11 is 0. The minimum atomic E-state index is -3.89. The van der Waals surface area contributed by atoms with E-state index in [2.05, 4.69) is 5.32 Å². The van der Waals surface area contributed by atoms with E-state index in [4.69, 9.17) is 14.2 Å². The predicted molar refractivity (Wildman–Crippen MR) is 127 cm³/mol. The van der Waals surface area contributed by atoms with Crippen molar-refractivity contribution >= 4 is 27.3 Å². The van der Waals surface area contributed by atoms with Gasteiger partial charge in [0, 0.05) is 12.6 Å². The zero-order chi connectivity index (χ0) is 24.0. The third-order valence-corrected chi connectivity index (χ3v) is 6.89. The molecule has 0 unspecified atom stereocenters. The fraction of sp³-hybridized carbons (Fsp3) is 0.208. The second kappa shape index (κ2) is 10.3. The quantitative estimate of drug-likeness (QED) is 0.504. The first-order chi connectivity index (χ1) is 15.8. The molecule has 0 aliphatic rings. The lowest BCUT2D eigenvalue weighted by atomic mass is 10.1. The summed E-state index contributed by atoms with van der Waals surface area (Å²) in [5.41, 5.74) is 1.02. The molecule has 0 spiro atoms. The fourth-order valence-corrected chi connectivity index (χ4v) is 4.83. The summed E-state index contributed by atoms with van der Waals surface area (Å²) in [5, 5.41) is 2.73. The van der Waals surface area contributed by atoms with Gasteiger partial charge in [0.05, 0.1) is 43.2 Å². The van der Waals surface area contributed by atoms with E-state index in [1.54, 1.807) is 49.4 Å². The van der Waals surface area contributed by atoms with Crippen molar-refractivity contribution in [2.75, 3.05) is 37.5 Å². The first-order valence-electron chi connectivity index (χ1n) is 10.1. The average Bonchev–Trinajstić information content (AvgIpc) is 2.84. The minimum absolute atomic E-state index is 0.0194. The molecule has 0 saturated carbocycles. The SMILES string of the molecule is CCN(c1ccccc1)S(=O)(=O)c1ccc(OC)c(NC(=O)c2ccc(OC)cc2OC)c1. The van der Waals surface area contributed by atoms with E-state index in [0.29, 0.717) is 22.9 Å². The minimum Gasteiger partial charge on any atom is -0.497 e. The van der Waals surface area contributed by atoms with Crippen LogP contribution in [0.2, 0.25) is 0 Å². The van der Waals surface area contributed by atoms with Gasteiger partial charge in [-0.2, -0.15) is 0 Å². The number of benzene rings is 3. The molecule has 3 aromatic carbocycles. The molecule has 0 fully saturated rings. The summed E-state index contributed by atoms with van der Waals surface area (Å²) in [6, 6.07) is 17.9. The van der Waals surface area contributed by atoms with Crippen LogP contribution in [0.3, 0.4) is 0 Å². The van der Waals surface area contributed by atoms with Gasteiger partial charge in [-0.05, 0) is 49.4 Å². The standard InChI is InChI=1S/C24H26N2O6S/c1-5-26(17-9-7-6-8-10-17)33(28,29)19-12-14-22(31-3)21(16-19)25-24(27)20-13-11-18(30-2)15-23(20)32-4/h6-16H,5H2,1-4H3,(H,25,27). The Morgan fingerprint density at radius 3 is 2.18 bits per heavy atom. The molecule has 1 amide bonds. The predicted octanol–water partition coefficient (Wildman–Crippen LogP) is 4.18. The average molecular weight is 471 g/mol. The molecular weight excluding hydrogens is 444 g/mol. The maximum atomic E-state index is 13.4. The van der Waals surface area contributed by atoms with E-state index in [9.17, 15) is 13.2 Å². The number of carbonyl (C=O) groups excluding carboxylic acids is 1. The molecule has 9 heteroatoms. The number of rotatable bonds is 9. The molecule has 0 aliphatic carbocycles.